The number of anilines is 1. The molecule has 4 rings (SSSR count). The van der Waals surface area contributed by atoms with Crippen LogP contribution in [0.15, 0.2) is 54.6 Å². The number of benzene rings is 2. The quantitative estimate of drug-likeness (QED) is 0.795. The molecule has 1 unspecified atom stereocenters. The van der Waals surface area contributed by atoms with Crippen molar-refractivity contribution in [1.82, 2.24) is 4.98 Å². The molecular formula is C20H20FN3O. The maximum atomic E-state index is 13.6. The SMILES string of the molecule is COc1ccc2ccc(N3CCC(N)(c4cccc(F)c4)C3)nc2c1. The van der Waals surface area contributed by atoms with Crippen molar-refractivity contribution < 1.29 is 9.13 Å². The van der Waals surface area contributed by atoms with Crippen molar-refractivity contribution in [2.24, 2.45) is 5.73 Å². The highest BCUT2D eigenvalue weighted by atomic mass is 19.1. The Morgan fingerprint density at radius 2 is 2.00 bits per heavy atom. The largest absolute Gasteiger partial charge is 0.497 e. The summed E-state index contributed by atoms with van der Waals surface area (Å²) in [6.45, 7) is 1.40. The number of rotatable bonds is 3. The zero-order chi connectivity index (χ0) is 17.4. The second-order valence-corrected chi connectivity index (χ2v) is 6.57. The second kappa shape index (κ2) is 6.01. The Morgan fingerprint density at radius 3 is 2.80 bits per heavy atom. The molecule has 1 aliphatic rings. The van der Waals surface area contributed by atoms with Gasteiger partial charge >= 0.3 is 0 Å². The smallest absolute Gasteiger partial charge is 0.129 e. The molecule has 2 aromatic carbocycles. The van der Waals surface area contributed by atoms with E-state index in [1.807, 2.05) is 30.3 Å². The Hall–Kier alpha value is -2.66. The number of pyridine rings is 1. The number of fused-ring (bicyclic) bond motifs is 1. The van der Waals surface area contributed by atoms with E-state index in [0.717, 1.165) is 41.0 Å². The van der Waals surface area contributed by atoms with Crippen molar-refractivity contribution >= 4 is 16.7 Å². The normalized spacial score (nSPS) is 20.2. The lowest BCUT2D eigenvalue weighted by atomic mass is 9.90. The predicted molar refractivity (Wildman–Crippen MR) is 97.4 cm³/mol. The maximum Gasteiger partial charge on any atom is 0.129 e. The molecule has 4 nitrogen and oxygen atoms in total. The molecule has 128 valence electrons. The molecule has 3 aromatic rings. The lowest BCUT2D eigenvalue weighted by Crippen LogP contribution is -2.40. The van der Waals surface area contributed by atoms with E-state index in [9.17, 15) is 4.39 Å². The van der Waals surface area contributed by atoms with Gasteiger partial charge in [0.25, 0.3) is 0 Å². The van der Waals surface area contributed by atoms with Gasteiger partial charge in [0, 0.05) is 24.5 Å². The van der Waals surface area contributed by atoms with Gasteiger partial charge in [-0.15, -0.1) is 0 Å². The molecule has 1 aromatic heterocycles. The highest BCUT2D eigenvalue weighted by Gasteiger charge is 2.36. The summed E-state index contributed by atoms with van der Waals surface area (Å²) < 4.78 is 18.8. The van der Waals surface area contributed by atoms with E-state index in [2.05, 4.69) is 11.0 Å². The van der Waals surface area contributed by atoms with Crippen LogP contribution in [0.1, 0.15) is 12.0 Å². The third kappa shape index (κ3) is 2.91. The summed E-state index contributed by atoms with van der Waals surface area (Å²) in [6.07, 6.45) is 0.758. The second-order valence-electron chi connectivity index (χ2n) is 6.57. The van der Waals surface area contributed by atoms with Gasteiger partial charge in [-0.25, -0.2) is 9.37 Å². The molecule has 0 spiro atoms. The number of nitrogens with two attached hydrogens (primary N) is 1. The summed E-state index contributed by atoms with van der Waals surface area (Å²) >= 11 is 0. The Labute approximate surface area is 146 Å². The van der Waals surface area contributed by atoms with Gasteiger partial charge in [-0.05, 0) is 48.4 Å². The Morgan fingerprint density at radius 1 is 1.16 bits per heavy atom. The van der Waals surface area contributed by atoms with Crippen LogP contribution in [0, 0.1) is 5.82 Å². The first-order valence-electron chi connectivity index (χ1n) is 8.32. The third-order valence-corrected chi connectivity index (χ3v) is 4.91. The Bertz CT molecular complexity index is 930. The predicted octanol–water partition coefficient (Wildman–Crippen LogP) is 3.45. The molecule has 0 saturated carbocycles. The summed E-state index contributed by atoms with van der Waals surface area (Å²) in [5.41, 5.74) is 7.73. The zero-order valence-corrected chi connectivity index (χ0v) is 14.1. The van der Waals surface area contributed by atoms with Crippen molar-refractivity contribution in [3.05, 3.63) is 66.0 Å². The average molecular weight is 337 g/mol. The van der Waals surface area contributed by atoms with E-state index >= 15 is 0 Å². The number of halogens is 1. The maximum absolute atomic E-state index is 13.6. The van der Waals surface area contributed by atoms with E-state index in [1.54, 1.807) is 13.2 Å². The van der Waals surface area contributed by atoms with Gasteiger partial charge in [0.2, 0.25) is 0 Å². The highest BCUT2D eigenvalue weighted by molar-refractivity contribution is 5.81. The number of aromatic nitrogens is 1. The molecule has 0 aliphatic carbocycles. The average Bonchev–Trinajstić information content (AvgIpc) is 3.04. The zero-order valence-electron chi connectivity index (χ0n) is 14.1. The lowest BCUT2D eigenvalue weighted by Gasteiger charge is -2.25. The summed E-state index contributed by atoms with van der Waals surface area (Å²) in [6, 6.07) is 16.5. The van der Waals surface area contributed by atoms with Gasteiger partial charge in [0.05, 0.1) is 18.2 Å². The molecule has 2 N–H and O–H groups in total. The van der Waals surface area contributed by atoms with Crippen LogP contribution in [0.2, 0.25) is 0 Å². The first-order valence-corrected chi connectivity index (χ1v) is 8.32. The van der Waals surface area contributed by atoms with Gasteiger partial charge in [-0.3, -0.25) is 0 Å². The van der Waals surface area contributed by atoms with E-state index in [4.69, 9.17) is 15.5 Å². The topological polar surface area (TPSA) is 51.4 Å². The summed E-state index contributed by atoms with van der Waals surface area (Å²) in [4.78, 5) is 6.92. The van der Waals surface area contributed by atoms with E-state index in [0.29, 0.717) is 6.54 Å². The molecule has 1 saturated heterocycles. The van der Waals surface area contributed by atoms with Crippen LogP contribution in [-0.4, -0.2) is 25.2 Å². The van der Waals surface area contributed by atoms with Gasteiger partial charge in [-0.1, -0.05) is 12.1 Å². The Kier molecular flexibility index (Phi) is 3.81. The van der Waals surface area contributed by atoms with Gasteiger partial charge < -0.3 is 15.4 Å². The molecular weight excluding hydrogens is 317 g/mol. The summed E-state index contributed by atoms with van der Waals surface area (Å²) in [5.74, 6) is 1.41. The van der Waals surface area contributed by atoms with Crippen molar-refractivity contribution in [3.8, 4) is 5.75 Å². The number of ether oxygens (including phenoxy) is 1. The molecule has 25 heavy (non-hydrogen) atoms. The standard InChI is InChI=1S/C20H20FN3O/c1-25-17-7-5-14-6-8-19(23-18(14)12-17)24-10-9-20(22,13-24)15-3-2-4-16(21)11-15/h2-8,11-12H,9-10,13,22H2,1H3. The molecule has 0 radical (unpaired) electrons. The van der Waals surface area contributed by atoms with Crippen LogP contribution < -0.4 is 15.4 Å². The monoisotopic (exact) mass is 337 g/mol. The van der Waals surface area contributed by atoms with Crippen LogP contribution in [0.4, 0.5) is 10.2 Å². The molecule has 1 aliphatic heterocycles. The van der Waals surface area contributed by atoms with Crippen LogP contribution in [-0.2, 0) is 5.54 Å². The van der Waals surface area contributed by atoms with Crippen molar-refractivity contribution in [3.63, 3.8) is 0 Å². The molecule has 0 amide bonds. The van der Waals surface area contributed by atoms with Gasteiger partial charge in [0.15, 0.2) is 0 Å². The first kappa shape index (κ1) is 15.8. The van der Waals surface area contributed by atoms with Crippen LogP contribution in [0.3, 0.4) is 0 Å². The number of nitrogens with zero attached hydrogens (tertiary/aromatic N) is 2. The van der Waals surface area contributed by atoms with Crippen LogP contribution in [0.25, 0.3) is 10.9 Å². The number of hydrogen-bond donors (Lipinski definition) is 1. The highest BCUT2D eigenvalue weighted by Crippen LogP contribution is 2.33. The van der Waals surface area contributed by atoms with Crippen molar-refractivity contribution in [1.29, 1.82) is 0 Å². The minimum atomic E-state index is -0.562. The molecule has 1 atom stereocenters. The van der Waals surface area contributed by atoms with Crippen molar-refractivity contribution in [2.75, 3.05) is 25.1 Å². The van der Waals surface area contributed by atoms with E-state index < -0.39 is 5.54 Å². The lowest BCUT2D eigenvalue weighted by molar-refractivity contribution is 0.415. The Balaban J connectivity index is 1.64. The van der Waals surface area contributed by atoms with Crippen molar-refractivity contribution in [2.45, 2.75) is 12.0 Å². The first-order chi connectivity index (χ1) is 12.1. The van der Waals surface area contributed by atoms with E-state index in [-0.39, 0.29) is 5.82 Å². The summed E-state index contributed by atoms with van der Waals surface area (Å²) in [5, 5.41) is 1.06. The van der Waals surface area contributed by atoms with Crippen LogP contribution in [0.5, 0.6) is 5.75 Å². The number of hydrogen-bond acceptors (Lipinski definition) is 4. The number of methoxy groups -OCH3 is 1. The fraction of sp³-hybridized carbons (Fsp3) is 0.250. The fourth-order valence-corrected chi connectivity index (χ4v) is 3.45. The minimum absolute atomic E-state index is 0.253. The van der Waals surface area contributed by atoms with Gasteiger partial charge in [-0.2, -0.15) is 0 Å². The molecule has 2 heterocycles. The third-order valence-electron chi connectivity index (χ3n) is 4.91. The molecule has 0 bridgehead atoms. The molecule has 5 heteroatoms. The van der Waals surface area contributed by atoms with E-state index in [1.165, 1.54) is 12.1 Å². The minimum Gasteiger partial charge on any atom is -0.497 e. The van der Waals surface area contributed by atoms with Gasteiger partial charge in [0.1, 0.15) is 17.4 Å². The fourth-order valence-electron chi connectivity index (χ4n) is 3.45. The summed E-state index contributed by atoms with van der Waals surface area (Å²) in [7, 11) is 1.65. The van der Waals surface area contributed by atoms with Crippen LogP contribution >= 0.6 is 0 Å². The molecule has 1 fully saturated rings.